The van der Waals surface area contributed by atoms with Gasteiger partial charge in [0.2, 0.25) is 0 Å². The maximum atomic E-state index is 3.61. The van der Waals surface area contributed by atoms with Crippen LogP contribution in [-0.4, -0.2) is 6.04 Å². The van der Waals surface area contributed by atoms with E-state index in [-0.39, 0.29) is 0 Å². The molecule has 0 radical (unpaired) electrons. The van der Waals surface area contributed by atoms with Gasteiger partial charge in [0.25, 0.3) is 0 Å². The van der Waals surface area contributed by atoms with Crippen LogP contribution in [0.3, 0.4) is 0 Å². The summed E-state index contributed by atoms with van der Waals surface area (Å²) in [5.74, 6) is 0.944. The summed E-state index contributed by atoms with van der Waals surface area (Å²) >= 11 is 3.60. The highest BCUT2D eigenvalue weighted by Gasteiger charge is 2.35. The minimum absolute atomic E-state index is 0.716. The van der Waals surface area contributed by atoms with E-state index in [0.29, 0.717) is 6.04 Å². The van der Waals surface area contributed by atoms with Crippen molar-refractivity contribution in [3.63, 3.8) is 0 Å². The molecule has 1 aliphatic carbocycles. The molecule has 0 amide bonds. The van der Waals surface area contributed by atoms with Gasteiger partial charge in [-0.15, -0.1) is 0 Å². The second kappa shape index (κ2) is 2.74. The second-order valence-electron chi connectivity index (χ2n) is 4.06. The average molecular weight is 238 g/mol. The van der Waals surface area contributed by atoms with Crippen LogP contribution < -0.4 is 5.32 Å². The number of hydrogen-bond acceptors (Lipinski definition) is 1. The van der Waals surface area contributed by atoms with Crippen molar-refractivity contribution in [1.82, 2.24) is 0 Å². The molecule has 2 heteroatoms. The third-order valence-corrected chi connectivity index (χ3v) is 3.82. The predicted octanol–water partition coefficient (Wildman–Crippen LogP) is 3.20. The number of hydrogen-bond donors (Lipinski definition) is 1. The summed E-state index contributed by atoms with van der Waals surface area (Å²) in [5, 5.41) is 3.61. The van der Waals surface area contributed by atoms with Gasteiger partial charge in [0, 0.05) is 16.2 Å². The minimum atomic E-state index is 0.716. The molecule has 0 saturated heterocycles. The van der Waals surface area contributed by atoms with Gasteiger partial charge in [-0.25, -0.2) is 0 Å². The lowest BCUT2D eigenvalue weighted by molar-refractivity contribution is 0.659. The van der Waals surface area contributed by atoms with E-state index in [2.05, 4.69) is 39.4 Å². The minimum Gasteiger partial charge on any atom is -0.381 e. The van der Waals surface area contributed by atoms with Gasteiger partial charge in [-0.3, -0.25) is 0 Å². The van der Waals surface area contributed by atoms with Gasteiger partial charge < -0.3 is 5.32 Å². The maximum Gasteiger partial charge on any atom is 0.0387 e. The van der Waals surface area contributed by atoms with E-state index in [9.17, 15) is 0 Å². The SMILES string of the molecule is Brc1cccc2c1CC(C1CC1)N2. The van der Waals surface area contributed by atoms with Gasteiger partial charge in [0.05, 0.1) is 0 Å². The molecule has 1 N–H and O–H groups in total. The summed E-state index contributed by atoms with van der Waals surface area (Å²) in [5.41, 5.74) is 2.81. The van der Waals surface area contributed by atoms with Crippen LogP contribution in [0.1, 0.15) is 18.4 Å². The Bertz CT molecular complexity index is 344. The van der Waals surface area contributed by atoms with E-state index >= 15 is 0 Å². The molecular weight excluding hydrogens is 226 g/mol. The largest absolute Gasteiger partial charge is 0.381 e. The summed E-state index contributed by atoms with van der Waals surface area (Å²) in [7, 11) is 0. The van der Waals surface area contributed by atoms with Crippen molar-refractivity contribution < 1.29 is 0 Å². The monoisotopic (exact) mass is 237 g/mol. The first-order chi connectivity index (χ1) is 6.34. The van der Waals surface area contributed by atoms with Gasteiger partial charge in [0.1, 0.15) is 0 Å². The number of halogens is 1. The summed E-state index contributed by atoms with van der Waals surface area (Å²) < 4.78 is 1.26. The van der Waals surface area contributed by atoms with Crippen LogP contribution in [0.5, 0.6) is 0 Å². The molecule has 3 rings (SSSR count). The Hall–Kier alpha value is -0.500. The number of rotatable bonds is 1. The fourth-order valence-electron chi connectivity index (χ4n) is 2.16. The third kappa shape index (κ3) is 1.28. The van der Waals surface area contributed by atoms with E-state index in [0.717, 1.165) is 5.92 Å². The zero-order valence-corrected chi connectivity index (χ0v) is 8.97. The number of nitrogens with one attached hydrogen (secondary N) is 1. The molecule has 0 bridgehead atoms. The Morgan fingerprint density at radius 1 is 1.31 bits per heavy atom. The van der Waals surface area contributed by atoms with E-state index < -0.39 is 0 Å². The van der Waals surface area contributed by atoms with Crippen LogP contribution >= 0.6 is 15.9 Å². The fraction of sp³-hybridized carbons (Fsp3) is 0.455. The van der Waals surface area contributed by atoms with E-state index in [1.165, 1.54) is 35.0 Å². The van der Waals surface area contributed by atoms with Gasteiger partial charge in [-0.1, -0.05) is 22.0 Å². The topological polar surface area (TPSA) is 12.0 Å². The molecule has 1 heterocycles. The summed E-state index contributed by atoms with van der Waals surface area (Å²) in [6.07, 6.45) is 4.05. The molecule has 2 aliphatic rings. The molecule has 1 nitrogen and oxygen atoms in total. The zero-order valence-electron chi connectivity index (χ0n) is 7.39. The Morgan fingerprint density at radius 3 is 2.85 bits per heavy atom. The first-order valence-electron chi connectivity index (χ1n) is 4.88. The molecule has 1 atom stereocenters. The molecule has 0 aromatic heterocycles. The van der Waals surface area contributed by atoms with Gasteiger partial charge >= 0.3 is 0 Å². The zero-order chi connectivity index (χ0) is 8.84. The maximum absolute atomic E-state index is 3.61. The molecule has 1 unspecified atom stereocenters. The Morgan fingerprint density at radius 2 is 2.15 bits per heavy atom. The highest BCUT2D eigenvalue weighted by atomic mass is 79.9. The normalized spacial score (nSPS) is 25.5. The van der Waals surface area contributed by atoms with Gasteiger partial charge in [-0.05, 0) is 42.9 Å². The van der Waals surface area contributed by atoms with Crippen LogP contribution in [0.25, 0.3) is 0 Å². The molecular formula is C11H12BrN. The molecule has 1 fully saturated rings. The molecule has 68 valence electrons. The quantitative estimate of drug-likeness (QED) is 0.792. The van der Waals surface area contributed by atoms with Crippen molar-refractivity contribution in [2.75, 3.05) is 5.32 Å². The van der Waals surface area contributed by atoms with Crippen molar-refractivity contribution in [3.8, 4) is 0 Å². The second-order valence-corrected chi connectivity index (χ2v) is 4.91. The standard InChI is InChI=1S/C11H12BrN/c12-9-2-1-3-10-8(9)6-11(13-10)7-4-5-7/h1-3,7,11,13H,4-6H2. The predicted molar refractivity (Wildman–Crippen MR) is 58.0 cm³/mol. The molecule has 1 saturated carbocycles. The molecule has 1 aromatic rings. The Balaban J connectivity index is 1.94. The lowest BCUT2D eigenvalue weighted by Crippen LogP contribution is -2.17. The van der Waals surface area contributed by atoms with Gasteiger partial charge in [0.15, 0.2) is 0 Å². The summed E-state index contributed by atoms with van der Waals surface area (Å²) in [6, 6.07) is 7.14. The highest BCUT2D eigenvalue weighted by molar-refractivity contribution is 9.10. The van der Waals surface area contributed by atoms with Crippen molar-refractivity contribution in [2.24, 2.45) is 5.92 Å². The molecule has 1 aromatic carbocycles. The highest BCUT2D eigenvalue weighted by Crippen LogP contribution is 2.41. The van der Waals surface area contributed by atoms with Crippen molar-refractivity contribution in [1.29, 1.82) is 0 Å². The Kier molecular flexibility index (Phi) is 1.66. The van der Waals surface area contributed by atoms with Crippen LogP contribution in [-0.2, 0) is 6.42 Å². The van der Waals surface area contributed by atoms with Gasteiger partial charge in [-0.2, -0.15) is 0 Å². The summed E-state index contributed by atoms with van der Waals surface area (Å²) in [6.45, 7) is 0. The first-order valence-corrected chi connectivity index (χ1v) is 5.68. The van der Waals surface area contributed by atoms with E-state index in [4.69, 9.17) is 0 Å². The number of anilines is 1. The lowest BCUT2D eigenvalue weighted by atomic mass is 10.1. The van der Waals surface area contributed by atoms with Crippen molar-refractivity contribution >= 4 is 21.6 Å². The van der Waals surface area contributed by atoms with Crippen LogP contribution in [0.15, 0.2) is 22.7 Å². The Labute approximate surface area is 86.7 Å². The van der Waals surface area contributed by atoms with Crippen LogP contribution in [0.4, 0.5) is 5.69 Å². The molecule has 0 spiro atoms. The van der Waals surface area contributed by atoms with Crippen LogP contribution in [0.2, 0.25) is 0 Å². The first kappa shape index (κ1) is 7.86. The fourth-order valence-corrected chi connectivity index (χ4v) is 2.68. The smallest absolute Gasteiger partial charge is 0.0387 e. The molecule has 13 heavy (non-hydrogen) atoms. The average Bonchev–Trinajstić information content (AvgIpc) is 2.87. The van der Waals surface area contributed by atoms with E-state index in [1.807, 2.05) is 0 Å². The lowest BCUT2D eigenvalue weighted by Gasteiger charge is -2.07. The number of benzene rings is 1. The third-order valence-electron chi connectivity index (χ3n) is 3.07. The van der Waals surface area contributed by atoms with Crippen molar-refractivity contribution in [2.45, 2.75) is 25.3 Å². The number of fused-ring (bicyclic) bond motifs is 1. The summed E-state index contributed by atoms with van der Waals surface area (Å²) in [4.78, 5) is 0. The molecule has 1 aliphatic heterocycles. The van der Waals surface area contributed by atoms with Crippen LogP contribution in [0, 0.1) is 5.92 Å². The van der Waals surface area contributed by atoms with E-state index in [1.54, 1.807) is 0 Å². The van der Waals surface area contributed by atoms with Crippen molar-refractivity contribution in [3.05, 3.63) is 28.2 Å².